The molecule has 2 rings (SSSR count). The molecule has 1 unspecified atom stereocenters. The number of nitrogens with zero attached hydrogens (tertiary/aromatic N) is 1. The molecule has 0 saturated carbocycles. The standard InChI is InChI=1S/C12H19NO4/c1-2-16-11(14)9-3-6-13(7-4-9)10-5-8-17-12(10)15/h9-10H,2-8H2,1H3. The van der Waals surface area contributed by atoms with Gasteiger partial charge in [0.1, 0.15) is 6.04 Å². The summed E-state index contributed by atoms with van der Waals surface area (Å²) in [5.41, 5.74) is 0. The van der Waals surface area contributed by atoms with Gasteiger partial charge in [0.05, 0.1) is 19.1 Å². The molecule has 5 heteroatoms. The van der Waals surface area contributed by atoms with Crippen molar-refractivity contribution >= 4 is 11.9 Å². The Balaban J connectivity index is 1.81. The molecule has 2 heterocycles. The van der Waals surface area contributed by atoms with E-state index in [1.54, 1.807) is 0 Å². The number of hydrogen-bond acceptors (Lipinski definition) is 5. The Hall–Kier alpha value is -1.10. The van der Waals surface area contributed by atoms with Gasteiger partial charge in [0, 0.05) is 6.42 Å². The van der Waals surface area contributed by atoms with Crippen molar-refractivity contribution in [2.24, 2.45) is 5.92 Å². The summed E-state index contributed by atoms with van der Waals surface area (Å²) in [6, 6.07) is -0.0851. The van der Waals surface area contributed by atoms with Crippen LogP contribution in [0.25, 0.3) is 0 Å². The van der Waals surface area contributed by atoms with E-state index < -0.39 is 0 Å². The van der Waals surface area contributed by atoms with E-state index in [2.05, 4.69) is 4.90 Å². The molecule has 2 aliphatic rings. The molecule has 0 N–H and O–H groups in total. The molecule has 0 aliphatic carbocycles. The first kappa shape index (κ1) is 12.4. The average molecular weight is 241 g/mol. The van der Waals surface area contributed by atoms with Crippen molar-refractivity contribution < 1.29 is 19.1 Å². The van der Waals surface area contributed by atoms with E-state index in [4.69, 9.17) is 9.47 Å². The van der Waals surface area contributed by atoms with Crippen molar-refractivity contribution in [3.05, 3.63) is 0 Å². The van der Waals surface area contributed by atoms with Crippen LogP contribution in [-0.2, 0) is 19.1 Å². The number of carbonyl (C=O) groups excluding carboxylic acids is 2. The molecule has 96 valence electrons. The predicted octanol–water partition coefficient (Wildman–Crippen LogP) is 0.577. The summed E-state index contributed by atoms with van der Waals surface area (Å²) in [6.07, 6.45) is 2.34. The third kappa shape index (κ3) is 2.77. The van der Waals surface area contributed by atoms with Gasteiger partial charge in [-0.1, -0.05) is 0 Å². The van der Waals surface area contributed by atoms with Crippen LogP contribution in [-0.4, -0.2) is 49.2 Å². The van der Waals surface area contributed by atoms with Crippen LogP contribution in [0, 0.1) is 5.92 Å². The Morgan fingerprint density at radius 1 is 1.41 bits per heavy atom. The lowest BCUT2D eigenvalue weighted by atomic mass is 9.95. The fourth-order valence-electron chi connectivity index (χ4n) is 2.52. The van der Waals surface area contributed by atoms with Gasteiger partial charge < -0.3 is 9.47 Å². The Morgan fingerprint density at radius 3 is 2.65 bits per heavy atom. The Bertz CT molecular complexity index is 297. The van der Waals surface area contributed by atoms with E-state index in [0.29, 0.717) is 13.2 Å². The smallest absolute Gasteiger partial charge is 0.323 e. The number of likely N-dealkylation sites (tertiary alicyclic amines) is 1. The first-order valence-electron chi connectivity index (χ1n) is 6.29. The number of hydrogen-bond donors (Lipinski definition) is 0. The Labute approximate surface area is 101 Å². The van der Waals surface area contributed by atoms with E-state index in [9.17, 15) is 9.59 Å². The van der Waals surface area contributed by atoms with Gasteiger partial charge in [-0.15, -0.1) is 0 Å². The van der Waals surface area contributed by atoms with Crippen LogP contribution >= 0.6 is 0 Å². The van der Waals surface area contributed by atoms with Crippen LogP contribution in [0.5, 0.6) is 0 Å². The third-order valence-electron chi connectivity index (χ3n) is 3.50. The number of cyclic esters (lactones) is 1. The summed E-state index contributed by atoms with van der Waals surface area (Å²) in [6.45, 7) is 4.35. The monoisotopic (exact) mass is 241 g/mol. The summed E-state index contributed by atoms with van der Waals surface area (Å²) in [7, 11) is 0. The van der Waals surface area contributed by atoms with Crippen molar-refractivity contribution in [2.45, 2.75) is 32.2 Å². The largest absolute Gasteiger partial charge is 0.466 e. The fourth-order valence-corrected chi connectivity index (χ4v) is 2.52. The quantitative estimate of drug-likeness (QED) is 0.676. The van der Waals surface area contributed by atoms with Gasteiger partial charge in [-0.25, -0.2) is 0 Å². The lowest BCUT2D eigenvalue weighted by Crippen LogP contribution is -2.45. The highest BCUT2D eigenvalue weighted by molar-refractivity contribution is 5.77. The van der Waals surface area contributed by atoms with Gasteiger partial charge in [-0.05, 0) is 32.9 Å². The second-order valence-corrected chi connectivity index (χ2v) is 4.53. The van der Waals surface area contributed by atoms with Crippen LogP contribution in [0.3, 0.4) is 0 Å². The van der Waals surface area contributed by atoms with E-state index in [-0.39, 0.29) is 23.9 Å². The first-order chi connectivity index (χ1) is 8.22. The van der Waals surface area contributed by atoms with Crippen molar-refractivity contribution in [1.82, 2.24) is 4.90 Å². The molecule has 0 aromatic heterocycles. The molecule has 17 heavy (non-hydrogen) atoms. The zero-order chi connectivity index (χ0) is 12.3. The lowest BCUT2D eigenvalue weighted by molar-refractivity contribution is -0.150. The summed E-state index contributed by atoms with van der Waals surface area (Å²) < 4.78 is 9.97. The first-order valence-corrected chi connectivity index (χ1v) is 6.29. The number of ether oxygens (including phenoxy) is 2. The third-order valence-corrected chi connectivity index (χ3v) is 3.50. The van der Waals surface area contributed by atoms with Gasteiger partial charge >= 0.3 is 11.9 Å². The van der Waals surface area contributed by atoms with Gasteiger partial charge in [0.2, 0.25) is 0 Å². The van der Waals surface area contributed by atoms with E-state index in [1.807, 2.05) is 6.92 Å². The summed E-state index contributed by atoms with van der Waals surface area (Å²) in [5.74, 6) is -0.204. The number of esters is 2. The van der Waals surface area contributed by atoms with Gasteiger partial charge in [-0.2, -0.15) is 0 Å². The molecule has 2 fully saturated rings. The fraction of sp³-hybridized carbons (Fsp3) is 0.833. The minimum absolute atomic E-state index is 0.00336. The Kier molecular flexibility index (Phi) is 3.99. The molecule has 0 amide bonds. The highest BCUT2D eigenvalue weighted by atomic mass is 16.5. The van der Waals surface area contributed by atoms with Crippen LogP contribution in [0.2, 0.25) is 0 Å². The van der Waals surface area contributed by atoms with Crippen molar-refractivity contribution in [2.75, 3.05) is 26.3 Å². The second kappa shape index (κ2) is 5.49. The van der Waals surface area contributed by atoms with Crippen LogP contribution < -0.4 is 0 Å². The minimum Gasteiger partial charge on any atom is -0.466 e. The molecule has 0 aromatic rings. The maximum absolute atomic E-state index is 11.6. The molecule has 1 atom stereocenters. The zero-order valence-corrected chi connectivity index (χ0v) is 10.2. The van der Waals surface area contributed by atoms with Gasteiger partial charge in [0.15, 0.2) is 0 Å². The topological polar surface area (TPSA) is 55.8 Å². The second-order valence-electron chi connectivity index (χ2n) is 4.53. The van der Waals surface area contributed by atoms with Gasteiger partial charge in [0.25, 0.3) is 0 Å². The number of carbonyl (C=O) groups is 2. The van der Waals surface area contributed by atoms with E-state index >= 15 is 0 Å². The molecule has 0 spiro atoms. The van der Waals surface area contributed by atoms with Crippen LogP contribution in [0.15, 0.2) is 0 Å². The Morgan fingerprint density at radius 2 is 2.12 bits per heavy atom. The maximum atomic E-state index is 11.6. The van der Waals surface area contributed by atoms with Crippen molar-refractivity contribution in [1.29, 1.82) is 0 Å². The highest BCUT2D eigenvalue weighted by Crippen LogP contribution is 2.23. The molecular weight excluding hydrogens is 222 g/mol. The van der Waals surface area contributed by atoms with Crippen molar-refractivity contribution in [3.8, 4) is 0 Å². The van der Waals surface area contributed by atoms with Crippen molar-refractivity contribution in [3.63, 3.8) is 0 Å². The summed E-state index contributed by atoms with van der Waals surface area (Å²) in [5, 5.41) is 0. The number of rotatable bonds is 3. The predicted molar refractivity (Wildman–Crippen MR) is 60.3 cm³/mol. The minimum atomic E-state index is -0.111. The molecule has 0 radical (unpaired) electrons. The zero-order valence-electron chi connectivity index (χ0n) is 10.2. The normalized spacial score (nSPS) is 26.9. The highest BCUT2D eigenvalue weighted by Gasteiger charge is 2.36. The average Bonchev–Trinajstić information content (AvgIpc) is 2.76. The molecule has 0 aromatic carbocycles. The molecule has 5 nitrogen and oxygen atoms in total. The summed E-state index contributed by atoms with van der Waals surface area (Å²) >= 11 is 0. The molecule has 2 saturated heterocycles. The molecular formula is C12H19NO4. The molecule has 0 bridgehead atoms. The van der Waals surface area contributed by atoms with E-state index in [1.165, 1.54) is 0 Å². The lowest BCUT2D eigenvalue weighted by Gasteiger charge is -2.33. The van der Waals surface area contributed by atoms with E-state index in [0.717, 1.165) is 32.4 Å². The maximum Gasteiger partial charge on any atom is 0.323 e. The number of piperidine rings is 1. The van der Waals surface area contributed by atoms with Gasteiger partial charge in [-0.3, -0.25) is 14.5 Å². The molecule has 2 aliphatic heterocycles. The summed E-state index contributed by atoms with van der Waals surface area (Å²) in [4.78, 5) is 25.1. The van der Waals surface area contributed by atoms with Crippen LogP contribution in [0.1, 0.15) is 26.2 Å². The van der Waals surface area contributed by atoms with Crippen LogP contribution in [0.4, 0.5) is 0 Å². The SMILES string of the molecule is CCOC(=O)C1CCN(C2CCOC2=O)CC1.